The maximum Gasteiger partial charge on any atom is 0.0622 e. The van der Waals surface area contributed by atoms with Gasteiger partial charge in [-0.05, 0) is 81.8 Å². The molecule has 2 N–H and O–H groups in total. The summed E-state index contributed by atoms with van der Waals surface area (Å²) in [6.07, 6.45) is 8.22. The van der Waals surface area contributed by atoms with E-state index in [0.717, 1.165) is 31.7 Å². The smallest absolute Gasteiger partial charge is 0.0622 e. The van der Waals surface area contributed by atoms with Crippen molar-refractivity contribution in [1.29, 1.82) is 0 Å². The fourth-order valence-corrected chi connectivity index (χ4v) is 5.22. The minimum Gasteiger partial charge on any atom is -0.396 e. The zero-order valence-corrected chi connectivity index (χ0v) is 17.4. The molecule has 0 radical (unpaired) electrons. The largest absolute Gasteiger partial charge is 0.396 e. The number of hydrogen-bond donors (Lipinski definition) is 2. The summed E-state index contributed by atoms with van der Waals surface area (Å²) in [5.41, 5.74) is 2.71. The Bertz CT molecular complexity index is 542. The van der Waals surface area contributed by atoms with E-state index in [9.17, 15) is 5.11 Å². The lowest BCUT2D eigenvalue weighted by molar-refractivity contribution is -0.0438. The van der Waals surface area contributed by atoms with Gasteiger partial charge in [-0.15, -0.1) is 0 Å². The van der Waals surface area contributed by atoms with E-state index in [2.05, 4.69) is 39.2 Å². The minimum atomic E-state index is 0.326. The van der Waals surface area contributed by atoms with Crippen LogP contribution in [0.5, 0.6) is 0 Å². The SMILES string of the molecule is CCc1cc(CN2CCC3(CCN(CCCSC)CC3)C(CO)C2)[nH]n1. The van der Waals surface area contributed by atoms with E-state index < -0.39 is 0 Å². The van der Waals surface area contributed by atoms with Gasteiger partial charge in [-0.25, -0.2) is 0 Å². The van der Waals surface area contributed by atoms with Crippen molar-refractivity contribution in [2.75, 3.05) is 51.3 Å². The number of aryl methyl sites for hydroxylation is 1. The lowest BCUT2D eigenvalue weighted by Crippen LogP contribution is -2.53. The van der Waals surface area contributed by atoms with Crippen LogP contribution in [0, 0.1) is 11.3 Å². The van der Waals surface area contributed by atoms with Crippen LogP contribution >= 0.6 is 11.8 Å². The average molecular weight is 381 g/mol. The summed E-state index contributed by atoms with van der Waals surface area (Å²) in [6, 6.07) is 2.19. The number of aromatic nitrogens is 2. The molecule has 1 aromatic rings. The van der Waals surface area contributed by atoms with Gasteiger partial charge in [0.15, 0.2) is 0 Å². The molecule has 0 aromatic carbocycles. The highest BCUT2D eigenvalue weighted by atomic mass is 32.2. The van der Waals surface area contributed by atoms with Crippen molar-refractivity contribution in [1.82, 2.24) is 20.0 Å². The fraction of sp³-hybridized carbons (Fsp3) is 0.850. The normalized spacial score (nSPS) is 24.3. The number of likely N-dealkylation sites (tertiary alicyclic amines) is 2. The molecule has 0 saturated carbocycles. The van der Waals surface area contributed by atoms with Gasteiger partial charge >= 0.3 is 0 Å². The van der Waals surface area contributed by atoms with Crippen molar-refractivity contribution >= 4 is 11.8 Å². The number of thioether (sulfide) groups is 1. The van der Waals surface area contributed by atoms with Crippen molar-refractivity contribution in [2.45, 2.75) is 45.6 Å². The first kappa shape index (κ1) is 20.2. The number of aliphatic hydroxyl groups excluding tert-OH is 1. The number of rotatable bonds is 8. The van der Waals surface area contributed by atoms with E-state index in [1.807, 2.05) is 11.8 Å². The molecule has 3 heterocycles. The van der Waals surface area contributed by atoms with Crippen molar-refractivity contribution in [2.24, 2.45) is 11.3 Å². The topological polar surface area (TPSA) is 55.4 Å². The molecule has 0 amide bonds. The van der Waals surface area contributed by atoms with E-state index >= 15 is 0 Å². The second-order valence-corrected chi connectivity index (χ2v) is 9.14. The Labute approximate surface area is 162 Å². The molecule has 26 heavy (non-hydrogen) atoms. The minimum absolute atomic E-state index is 0.326. The van der Waals surface area contributed by atoms with Gasteiger partial charge in [-0.2, -0.15) is 16.9 Å². The van der Waals surface area contributed by atoms with Gasteiger partial charge in [0.1, 0.15) is 0 Å². The quantitative estimate of drug-likeness (QED) is 0.679. The first-order valence-corrected chi connectivity index (χ1v) is 11.7. The molecule has 2 saturated heterocycles. The predicted octanol–water partition coefficient (Wildman–Crippen LogP) is 2.62. The molecule has 2 aliphatic rings. The summed E-state index contributed by atoms with van der Waals surface area (Å²) >= 11 is 1.95. The molecule has 0 aliphatic carbocycles. The summed E-state index contributed by atoms with van der Waals surface area (Å²) < 4.78 is 0. The van der Waals surface area contributed by atoms with Crippen LogP contribution in [-0.2, 0) is 13.0 Å². The Hall–Kier alpha value is -0.560. The van der Waals surface area contributed by atoms with E-state index in [4.69, 9.17) is 0 Å². The predicted molar refractivity (Wildman–Crippen MR) is 110 cm³/mol. The van der Waals surface area contributed by atoms with Crippen LogP contribution in [0.15, 0.2) is 6.07 Å². The third-order valence-corrected chi connectivity index (χ3v) is 7.30. The van der Waals surface area contributed by atoms with Gasteiger partial charge in [0, 0.05) is 31.3 Å². The Morgan fingerprint density at radius 1 is 1.27 bits per heavy atom. The Morgan fingerprint density at radius 3 is 2.62 bits per heavy atom. The van der Waals surface area contributed by atoms with Gasteiger partial charge in [-0.3, -0.25) is 10.00 Å². The molecule has 148 valence electrons. The lowest BCUT2D eigenvalue weighted by Gasteiger charge is -2.51. The van der Waals surface area contributed by atoms with E-state index in [1.165, 1.54) is 56.8 Å². The summed E-state index contributed by atoms with van der Waals surface area (Å²) in [6.45, 7) is 9.22. The van der Waals surface area contributed by atoms with E-state index in [1.54, 1.807) is 0 Å². The van der Waals surface area contributed by atoms with E-state index in [0.29, 0.717) is 17.9 Å². The highest BCUT2D eigenvalue weighted by molar-refractivity contribution is 7.98. The molecule has 1 spiro atoms. The first-order chi connectivity index (χ1) is 12.7. The zero-order chi connectivity index (χ0) is 18.4. The van der Waals surface area contributed by atoms with Gasteiger partial charge < -0.3 is 10.0 Å². The monoisotopic (exact) mass is 380 g/mol. The molecule has 5 nitrogen and oxygen atoms in total. The first-order valence-electron chi connectivity index (χ1n) is 10.3. The molecule has 6 heteroatoms. The van der Waals surface area contributed by atoms with Crippen molar-refractivity contribution in [3.05, 3.63) is 17.5 Å². The van der Waals surface area contributed by atoms with Gasteiger partial charge in [0.05, 0.1) is 5.69 Å². The van der Waals surface area contributed by atoms with Crippen LogP contribution in [0.25, 0.3) is 0 Å². The number of nitrogens with one attached hydrogen (secondary N) is 1. The van der Waals surface area contributed by atoms with Crippen molar-refractivity contribution < 1.29 is 5.11 Å². The number of nitrogens with zero attached hydrogens (tertiary/aromatic N) is 3. The number of piperidine rings is 2. The van der Waals surface area contributed by atoms with Gasteiger partial charge in [-0.1, -0.05) is 6.92 Å². The second kappa shape index (κ2) is 9.58. The van der Waals surface area contributed by atoms with Crippen molar-refractivity contribution in [3.63, 3.8) is 0 Å². The van der Waals surface area contributed by atoms with Gasteiger partial charge in [0.25, 0.3) is 0 Å². The molecular formula is C20H36N4OS. The average Bonchev–Trinajstić information content (AvgIpc) is 3.13. The third kappa shape index (κ3) is 4.83. The highest BCUT2D eigenvalue weighted by Crippen LogP contribution is 2.45. The molecule has 2 fully saturated rings. The highest BCUT2D eigenvalue weighted by Gasteiger charge is 2.44. The van der Waals surface area contributed by atoms with Crippen LogP contribution in [0.1, 0.15) is 44.0 Å². The standard InChI is InChI=1S/C20H36N4OS/c1-3-18-13-19(22-21-18)15-24-11-7-20(17(14-24)16-25)5-9-23(10-6-20)8-4-12-26-2/h13,17,25H,3-12,14-16H2,1-2H3,(H,21,22). The van der Waals surface area contributed by atoms with Gasteiger partial charge in [0.2, 0.25) is 0 Å². The van der Waals surface area contributed by atoms with Crippen molar-refractivity contribution in [3.8, 4) is 0 Å². The molecule has 0 bridgehead atoms. The molecule has 2 aliphatic heterocycles. The Balaban J connectivity index is 1.51. The molecule has 1 atom stereocenters. The fourth-order valence-electron chi connectivity index (χ4n) is 4.80. The number of aliphatic hydroxyl groups is 1. The van der Waals surface area contributed by atoms with Crippen LogP contribution < -0.4 is 0 Å². The Kier molecular flexibility index (Phi) is 7.44. The molecule has 1 aromatic heterocycles. The van der Waals surface area contributed by atoms with Crippen LogP contribution in [0.4, 0.5) is 0 Å². The van der Waals surface area contributed by atoms with Crippen LogP contribution in [0.3, 0.4) is 0 Å². The second-order valence-electron chi connectivity index (χ2n) is 8.15. The molecule has 3 rings (SSSR count). The Morgan fingerprint density at radius 2 is 2.00 bits per heavy atom. The van der Waals surface area contributed by atoms with Crippen LogP contribution in [0.2, 0.25) is 0 Å². The maximum absolute atomic E-state index is 10.1. The summed E-state index contributed by atoms with van der Waals surface area (Å²) in [5.74, 6) is 1.68. The third-order valence-electron chi connectivity index (χ3n) is 6.61. The molecule has 1 unspecified atom stereocenters. The molecular weight excluding hydrogens is 344 g/mol. The van der Waals surface area contributed by atoms with E-state index in [-0.39, 0.29) is 0 Å². The van der Waals surface area contributed by atoms with Crippen LogP contribution in [-0.4, -0.2) is 76.4 Å². The number of hydrogen-bond acceptors (Lipinski definition) is 5. The summed E-state index contributed by atoms with van der Waals surface area (Å²) in [7, 11) is 0. The summed E-state index contributed by atoms with van der Waals surface area (Å²) in [5, 5.41) is 17.6. The lowest BCUT2D eigenvalue weighted by atomic mass is 9.64. The zero-order valence-electron chi connectivity index (χ0n) is 16.5. The number of H-pyrrole nitrogens is 1. The maximum atomic E-state index is 10.1. The number of aromatic amines is 1. The summed E-state index contributed by atoms with van der Waals surface area (Å²) in [4.78, 5) is 5.14.